The Kier molecular flexibility index (Phi) is 3.92. The lowest BCUT2D eigenvalue weighted by Gasteiger charge is -2.22. The van der Waals surface area contributed by atoms with Gasteiger partial charge < -0.3 is 9.80 Å². The molecule has 0 bridgehead atoms. The highest BCUT2D eigenvalue weighted by Gasteiger charge is 2.33. The van der Waals surface area contributed by atoms with Crippen molar-refractivity contribution in [3.63, 3.8) is 0 Å². The van der Waals surface area contributed by atoms with E-state index in [1.807, 2.05) is 53.5 Å². The first-order valence-electron chi connectivity index (χ1n) is 7.12. The van der Waals surface area contributed by atoms with E-state index in [4.69, 9.17) is 0 Å². The van der Waals surface area contributed by atoms with Gasteiger partial charge in [-0.3, -0.25) is 4.79 Å². The van der Waals surface area contributed by atoms with Gasteiger partial charge in [0, 0.05) is 43.0 Å². The third-order valence-corrected chi connectivity index (χ3v) is 4.43. The predicted octanol–water partition coefficient (Wildman–Crippen LogP) is 3.01. The van der Waals surface area contributed by atoms with E-state index in [1.165, 1.54) is 0 Å². The summed E-state index contributed by atoms with van der Waals surface area (Å²) in [4.78, 5) is 21.0. The number of hydrogen-bond donors (Lipinski definition) is 0. The van der Waals surface area contributed by atoms with Gasteiger partial charge in [0.1, 0.15) is 5.01 Å². The standard InChI is InChI=1S/C16H19N3OS/c1-18(2)13-5-3-12(4-6-13)16(20)19(14-7-8-14)11-15-17-9-10-21-15/h3-6,9-10,14H,7-8,11H2,1-2H3. The van der Waals surface area contributed by atoms with Gasteiger partial charge in [0.25, 0.3) is 5.91 Å². The summed E-state index contributed by atoms with van der Waals surface area (Å²) < 4.78 is 0. The average molecular weight is 301 g/mol. The van der Waals surface area contributed by atoms with Crippen LogP contribution in [0.4, 0.5) is 5.69 Å². The number of amides is 1. The molecule has 1 fully saturated rings. The van der Waals surface area contributed by atoms with Crippen molar-refractivity contribution in [2.75, 3.05) is 19.0 Å². The first-order chi connectivity index (χ1) is 10.1. The third kappa shape index (κ3) is 3.24. The summed E-state index contributed by atoms with van der Waals surface area (Å²) in [5.41, 5.74) is 1.86. The molecule has 0 spiro atoms. The lowest BCUT2D eigenvalue weighted by atomic mass is 10.1. The SMILES string of the molecule is CN(C)c1ccc(C(=O)N(Cc2nccs2)C2CC2)cc1. The highest BCUT2D eigenvalue weighted by molar-refractivity contribution is 7.09. The Morgan fingerprint density at radius 3 is 2.52 bits per heavy atom. The Labute approximate surface area is 129 Å². The molecule has 2 aromatic rings. The van der Waals surface area contributed by atoms with E-state index in [0.717, 1.165) is 29.1 Å². The third-order valence-electron chi connectivity index (χ3n) is 3.67. The van der Waals surface area contributed by atoms with Crippen LogP contribution in [0.15, 0.2) is 35.8 Å². The van der Waals surface area contributed by atoms with Gasteiger partial charge in [0.2, 0.25) is 0 Å². The quantitative estimate of drug-likeness (QED) is 0.852. The van der Waals surface area contributed by atoms with E-state index in [0.29, 0.717) is 12.6 Å². The van der Waals surface area contributed by atoms with Crippen molar-refractivity contribution in [1.82, 2.24) is 9.88 Å². The number of thiazole rings is 1. The molecule has 21 heavy (non-hydrogen) atoms. The molecule has 1 heterocycles. The Morgan fingerprint density at radius 1 is 1.29 bits per heavy atom. The van der Waals surface area contributed by atoms with Crippen LogP contribution >= 0.6 is 11.3 Å². The fourth-order valence-electron chi connectivity index (χ4n) is 2.30. The minimum Gasteiger partial charge on any atom is -0.378 e. The number of nitrogens with zero attached hydrogens (tertiary/aromatic N) is 3. The van der Waals surface area contributed by atoms with Crippen LogP contribution in [0, 0.1) is 0 Å². The minimum atomic E-state index is 0.109. The van der Waals surface area contributed by atoms with Crippen molar-refractivity contribution in [2.45, 2.75) is 25.4 Å². The van der Waals surface area contributed by atoms with Crippen LogP contribution in [-0.4, -0.2) is 35.9 Å². The molecule has 3 rings (SSSR count). The highest BCUT2D eigenvalue weighted by Crippen LogP contribution is 2.30. The van der Waals surface area contributed by atoms with Gasteiger partial charge in [-0.25, -0.2) is 4.98 Å². The van der Waals surface area contributed by atoms with Crippen LogP contribution < -0.4 is 4.90 Å². The molecule has 0 radical (unpaired) electrons. The first kappa shape index (κ1) is 14.1. The molecular formula is C16H19N3OS. The lowest BCUT2D eigenvalue weighted by molar-refractivity contribution is 0.0730. The second-order valence-electron chi connectivity index (χ2n) is 5.53. The van der Waals surface area contributed by atoms with E-state index in [-0.39, 0.29) is 5.91 Å². The summed E-state index contributed by atoms with van der Waals surface area (Å²) in [6, 6.07) is 8.18. The van der Waals surface area contributed by atoms with Crippen LogP contribution in [0.5, 0.6) is 0 Å². The molecule has 1 aromatic heterocycles. The van der Waals surface area contributed by atoms with Crippen LogP contribution in [0.25, 0.3) is 0 Å². The Bertz CT molecular complexity index is 603. The molecule has 4 nitrogen and oxygen atoms in total. The van der Waals surface area contributed by atoms with Crippen LogP contribution in [0.3, 0.4) is 0 Å². The van der Waals surface area contributed by atoms with Crippen molar-refractivity contribution >= 4 is 22.9 Å². The Balaban J connectivity index is 1.77. The maximum Gasteiger partial charge on any atom is 0.254 e. The molecule has 0 saturated heterocycles. The fourth-order valence-corrected chi connectivity index (χ4v) is 2.91. The second kappa shape index (κ2) is 5.85. The molecule has 1 aliphatic rings. The zero-order chi connectivity index (χ0) is 14.8. The first-order valence-corrected chi connectivity index (χ1v) is 8.00. The van der Waals surface area contributed by atoms with Crippen LogP contribution in [0.1, 0.15) is 28.2 Å². The second-order valence-corrected chi connectivity index (χ2v) is 6.51. The molecule has 1 amide bonds. The maximum absolute atomic E-state index is 12.7. The molecule has 0 N–H and O–H groups in total. The van der Waals surface area contributed by atoms with Crippen molar-refractivity contribution in [2.24, 2.45) is 0 Å². The van der Waals surface area contributed by atoms with Crippen LogP contribution in [-0.2, 0) is 6.54 Å². The number of aromatic nitrogens is 1. The summed E-state index contributed by atoms with van der Waals surface area (Å²) in [5.74, 6) is 0.109. The predicted molar refractivity (Wildman–Crippen MR) is 85.8 cm³/mol. The highest BCUT2D eigenvalue weighted by atomic mass is 32.1. The molecule has 0 aliphatic heterocycles. The van der Waals surface area contributed by atoms with Gasteiger partial charge in [-0.1, -0.05) is 0 Å². The van der Waals surface area contributed by atoms with E-state index in [1.54, 1.807) is 17.5 Å². The number of benzene rings is 1. The lowest BCUT2D eigenvalue weighted by Crippen LogP contribution is -2.32. The Morgan fingerprint density at radius 2 is 2.00 bits per heavy atom. The summed E-state index contributed by atoms with van der Waals surface area (Å²) >= 11 is 1.60. The number of carbonyl (C=O) groups is 1. The van der Waals surface area contributed by atoms with Gasteiger partial charge in [-0.2, -0.15) is 0 Å². The van der Waals surface area contributed by atoms with Crippen molar-refractivity contribution < 1.29 is 4.79 Å². The van der Waals surface area contributed by atoms with Crippen molar-refractivity contribution in [3.8, 4) is 0 Å². The van der Waals surface area contributed by atoms with E-state index in [2.05, 4.69) is 4.98 Å². The molecular weight excluding hydrogens is 282 g/mol. The number of anilines is 1. The molecule has 0 atom stereocenters. The summed E-state index contributed by atoms with van der Waals surface area (Å²) in [5, 5.41) is 2.96. The van der Waals surface area contributed by atoms with E-state index < -0.39 is 0 Å². The molecule has 1 saturated carbocycles. The smallest absolute Gasteiger partial charge is 0.254 e. The summed E-state index contributed by atoms with van der Waals surface area (Å²) in [7, 11) is 3.99. The zero-order valence-corrected chi connectivity index (χ0v) is 13.1. The topological polar surface area (TPSA) is 36.4 Å². The molecule has 1 aromatic carbocycles. The molecule has 110 valence electrons. The van der Waals surface area contributed by atoms with Gasteiger partial charge in [-0.15, -0.1) is 11.3 Å². The normalized spacial score (nSPS) is 14.0. The number of carbonyl (C=O) groups excluding carboxylic acids is 1. The van der Waals surface area contributed by atoms with Crippen molar-refractivity contribution in [1.29, 1.82) is 0 Å². The van der Waals surface area contributed by atoms with Gasteiger partial charge in [-0.05, 0) is 37.1 Å². The summed E-state index contributed by atoms with van der Waals surface area (Å²) in [6.07, 6.45) is 4.00. The monoisotopic (exact) mass is 301 g/mol. The number of rotatable bonds is 5. The van der Waals surface area contributed by atoms with Gasteiger partial charge in [0.15, 0.2) is 0 Å². The minimum absolute atomic E-state index is 0.109. The molecule has 1 aliphatic carbocycles. The molecule has 0 unspecified atom stereocenters. The Hall–Kier alpha value is -1.88. The maximum atomic E-state index is 12.7. The molecule has 5 heteroatoms. The largest absolute Gasteiger partial charge is 0.378 e. The van der Waals surface area contributed by atoms with E-state index in [9.17, 15) is 4.79 Å². The van der Waals surface area contributed by atoms with E-state index >= 15 is 0 Å². The number of hydrogen-bond acceptors (Lipinski definition) is 4. The van der Waals surface area contributed by atoms with Crippen molar-refractivity contribution in [3.05, 3.63) is 46.4 Å². The zero-order valence-electron chi connectivity index (χ0n) is 12.3. The summed E-state index contributed by atoms with van der Waals surface area (Å²) in [6.45, 7) is 0.622. The average Bonchev–Trinajstić information content (AvgIpc) is 3.20. The fraction of sp³-hybridized carbons (Fsp3) is 0.375. The van der Waals surface area contributed by atoms with Gasteiger partial charge >= 0.3 is 0 Å². The van der Waals surface area contributed by atoms with Crippen LogP contribution in [0.2, 0.25) is 0 Å². The van der Waals surface area contributed by atoms with Gasteiger partial charge in [0.05, 0.1) is 6.54 Å².